The van der Waals surface area contributed by atoms with Crippen LogP contribution in [-0.2, 0) is 6.42 Å². The highest BCUT2D eigenvalue weighted by atomic mass is 16.5. The van der Waals surface area contributed by atoms with Crippen LogP contribution in [0.25, 0.3) is 0 Å². The molecule has 1 saturated heterocycles. The summed E-state index contributed by atoms with van der Waals surface area (Å²) in [6.45, 7) is 6.39. The Bertz CT molecular complexity index is 461. The summed E-state index contributed by atoms with van der Waals surface area (Å²) >= 11 is 0. The lowest BCUT2D eigenvalue weighted by molar-refractivity contribution is 0.227. The zero-order chi connectivity index (χ0) is 15.6. The molecule has 1 fully saturated rings. The number of carbonyl (C=O) groups excluding carboxylic acids is 1. The molecule has 3 N–H and O–H groups in total. The van der Waals surface area contributed by atoms with Gasteiger partial charge in [-0.1, -0.05) is 12.1 Å². The van der Waals surface area contributed by atoms with Crippen molar-refractivity contribution < 1.29 is 9.53 Å². The van der Waals surface area contributed by atoms with Crippen molar-refractivity contribution in [3.8, 4) is 5.75 Å². The molecule has 0 spiro atoms. The number of carbonyl (C=O) groups is 1. The van der Waals surface area contributed by atoms with Gasteiger partial charge in [-0.15, -0.1) is 0 Å². The number of piperazine rings is 1. The lowest BCUT2D eigenvalue weighted by atomic mass is 10.1. The van der Waals surface area contributed by atoms with Gasteiger partial charge in [0.15, 0.2) is 0 Å². The Morgan fingerprint density at radius 2 is 2.05 bits per heavy atom. The van der Waals surface area contributed by atoms with Crippen LogP contribution in [0.1, 0.15) is 5.56 Å². The van der Waals surface area contributed by atoms with E-state index in [1.165, 1.54) is 0 Å². The first kappa shape index (κ1) is 16.6. The third kappa shape index (κ3) is 5.91. The van der Waals surface area contributed by atoms with Gasteiger partial charge in [0.05, 0.1) is 7.11 Å². The normalized spacial score (nSPS) is 15.3. The molecule has 122 valence electrons. The van der Waals surface area contributed by atoms with Gasteiger partial charge in [0, 0.05) is 45.8 Å². The van der Waals surface area contributed by atoms with Crippen LogP contribution in [-0.4, -0.2) is 63.9 Å². The molecule has 22 heavy (non-hydrogen) atoms. The number of ether oxygens (including phenoxy) is 1. The molecule has 0 bridgehead atoms. The Morgan fingerprint density at radius 3 is 2.82 bits per heavy atom. The van der Waals surface area contributed by atoms with Gasteiger partial charge >= 0.3 is 6.03 Å². The highest BCUT2D eigenvalue weighted by molar-refractivity contribution is 5.73. The first-order valence-electron chi connectivity index (χ1n) is 7.85. The zero-order valence-corrected chi connectivity index (χ0v) is 13.2. The second-order valence-electron chi connectivity index (χ2n) is 5.38. The van der Waals surface area contributed by atoms with Crippen molar-refractivity contribution in [3.05, 3.63) is 29.8 Å². The average molecular weight is 306 g/mol. The third-order valence-corrected chi connectivity index (χ3v) is 3.76. The van der Waals surface area contributed by atoms with E-state index < -0.39 is 0 Å². The van der Waals surface area contributed by atoms with Gasteiger partial charge in [0.1, 0.15) is 5.75 Å². The highest BCUT2D eigenvalue weighted by Crippen LogP contribution is 2.12. The van der Waals surface area contributed by atoms with Gasteiger partial charge in [-0.25, -0.2) is 4.79 Å². The molecule has 6 nitrogen and oxygen atoms in total. The van der Waals surface area contributed by atoms with Crippen molar-refractivity contribution in [2.24, 2.45) is 0 Å². The van der Waals surface area contributed by atoms with E-state index >= 15 is 0 Å². The molecule has 0 radical (unpaired) electrons. The lowest BCUT2D eigenvalue weighted by Crippen LogP contribution is -2.47. The minimum atomic E-state index is -0.0990. The minimum absolute atomic E-state index is 0.0990. The maximum atomic E-state index is 11.7. The number of benzene rings is 1. The molecule has 0 saturated carbocycles. The first-order valence-corrected chi connectivity index (χ1v) is 7.85. The summed E-state index contributed by atoms with van der Waals surface area (Å²) in [5, 5.41) is 9.10. The average Bonchev–Trinajstić information content (AvgIpc) is 2.56. The van der Waals surface area contributed by atoms with Crippen LogP contribution in [0.4, 0.5) is 4.79 Å². The molecular weight excluding hydrogens is 280 g/mol. The molecule has 2 rings (SSSR count). The third-order valence-electron chi connectivity index (χ3n) is 3.76. The summed E-state index contributed by atoms with van der Waals surface area (Å²) in [5.74, 6) is 0.845. The predicted octanol–water partition coefficient (Wildman–Crippen LogP) is 0.442. The van der Waals surface area contributed by atoms with Crippen molar-refractivity contribution in [3.63, 3.8) is 0 Å². The number of hydrogen-bond acceptors (Lipinski definition) is 4. The zero-order valence-electron chi connectivity index (χ0n) is 13.2. The molecule has 0 aliphatic carbocycles. The van der Waals surface area contributed by atoms with Crippen LogP contribution in [0.15, 0.2) is 24.3 Å². The van der Waals surface area contributed by atoms with E-state index in [4.69, 9.17) is 4.74 Å². The van der Waals surface area contributed by atoms with Crippen molar-refractivity contribution in [2.45, 2.75) is 6.42 Å². The van der Waals surface area contributed by atoms with E-state index in [0.717, 1.165) is 50.5 Å². The summed E-state index contributed by atoms with van der Waals surface area (Å²) < 4.78 is 5.18. The summed E-state index contributed by atoms with van der Waals surface area (Å²) in [4.78, 5) is 14.1. The van der Waals surface area contributed by atoms with Crippen molar-refractivity contribution >= 4 is 6.03 Å². The molecule has 0 unspecified atom stereocenters. The van der Waals surface area contributed by atoms with E-state index in [1.807, 2.05) is 24.3 Å². The van der Waals surface area contributed by atoms with Crippen LogP contribution >= 0.6 is 0 Å². The largest absolute Gasteiger partial charge is 0.497 e. The number of nitrogens with zero attached hydrogens (tertiary/aromatic N) is 1. The fourth-order valence-corrected chi connectivity index (χ4v) is 2.47. The van der Waals surface area contributed by atoms with E-state index in [9.17, 15) is 4.79 Å². The Balaban J connectivity index is 1.57. The van der Waals surface area contributed by atoms with Crippen molar-refractivity contribution in [1.29, 1.82) is 0 Å². The SMILES string of the molecule is COc1cccc(CCNC(=O)NCCN2CCNCC2)c1. The molecule has 2 amide bonds. The maximum absolute atomic E-state index is 11.7. The molecule has 1 aromatic rings. The summed E-state index contributed by atoms with van der Waals surface area (Å²) in [5.41, 5.74) is 1.15. The van der Waals surface area contributed by atoms with E-state index in [-0.39, 0.29) is 6.03 Å². The number of rotatable bonds is 7. The van der Waals surface area contributed by atoms with Crippen LogP contribution in [0.3, 0.4) is 0 Å². The van der Waals surface area contributed by atoms with Crippen LogP contribution in [0.2, 0.25) is 0 Å². The Morgan fingerprint density at radius 1 is 1.27 bits per heavy atom. The number of hydrogen-bond donors (Lipinski definition) is 3. The molecular formula is C16H26N4O2. The Hall–Kier alpha value is -1.79. The fraction of sp³-hybridized carbons (Fsp3) is 0.562. The summed E-state index contributed by atoms with van der Waals surface area (Å²) in [7, 11) is 1.66. The molecule has 1 aliphatic heterocycles. The van der Waals surface area contributed by atoms with Crippen LogP contribution < -0.4 is 20.7 Å². The van der Waals surface area contributed by atoms with E-state index in [0.29, 0.717) is 13.1 Å². The van der Waals surface area contributed by atoms with Gasteiger partial charge in [-0.05, 0) is 24.1 Å². The summed E-state index contributed by atoms with van der Waals surface area (Å²) in [6, 6.07) is 7.80. The van der Waals surface area contributed by atoms with Gasteiger partial charge in [0.25, 0.3) is 0 Å². The number of nitrogens with one attached hydrogen (secondary N) is 3. The first-order chi connectivity index (χ1) is 10.8. The Labute approximate surface area is 132 Å². The monoisotopic (exact) mass is 306 g/mol. The number of methoxy groups -OCH3 is 1. The molecule has 1 aromatic carbocycles. The Kier molecular flexibility index (Phi) is 6.99. The maximum Gasteiger partial charge on any atom is 0.314 e. The van der Waals surface area contributed by atoms with Crippen molar-refractivity contribution in [1.82, 2.24) is 20.9 Å². The fourth-order valence-electron chi connectivity index (χ4n) is 2.47. The minimum Gasteiger partial charge on any atom is -0.497 e. The standard InChI is InChI=1S/C16H26N4O2/c1-22-15-4-2-3-14(13-15)5-6-18-16(21)19-9-12-20-10-7-17-8-11-20/h2-4,13,17H,5-12H2,1H3,(H2,18,19,21). The molecule has 0 atom stereocenters. The van der Waals surface area contributed by atoms with Gasteiger partial charge in [-0.2, -0.15) is 0 Å². The molecule has 1 aliphatic rings. The molecule has 6 heteroatoms. The molecule has 1 heterocycles. The number of urea groups is 1. The van der Waals surface area contributed by atoms with Crippen LogP contribution in [0.5, 0.6) is 5.75 Å². The second kappa shape index (κ2) is 9.27. The molecule has 0 aromatic heterocycles. The quantitative estimate of drug-likeness (QED) is 0.684. The lowest BCUT2D eigenvalue weighted by Gasteiger charge is -2.27. The smallest absolute Gasteiger partial charge is 0.314 e. The van der Waals surface area contributed by atoms with Gasteiger partial charge in [0.2, 0.25) is 0 Å². The van der Waals surface area contributed by atoms with Gasteiger partial charge in [-0.3, -0.25) is 4.90 Å². The summed E-state index contributed by atoms with van der Waals surface area (Å²) in [6.07, 6.45) is 0.794. The van der Waals surface area contributed by atoms with Crippen molar-refractivity contribution in [2.75, 3.05) is 52.9 Å². The van der Waals surface area contributed by atoms with Crippen LogP contribution in [0, 0.1) is 0 Å². The predicted molar refractivity (Wildman–Crippen MR) is 87.4 cm³/mol. The topological polar surface area (TPSA) is 65.6 Å². The highest BCUT2D eigenvalue weighted by Gasteiger charge is 2.09. The van der Waals surface area contributed by atoms with Gasteiger partial charge < -0.3 is 20.7 Å². The van der Waals surface area contributed by atoms with E-state index in [2.05, 4.69) is 20.9 Å². The second-order valence-corrected chi connectivity index (χ2v) is 5.38. The van der Waals surface area contributed by atoms with E-state index in [1.54, 1.807) is 7.11 Å². The number of amides is 2.